The third kappa shape index (κ3) is 4.26. The average molecular weight is 283 g/mol. The summed E-state index contributed by atoms with van der Waals surface area (Å²) < 4.78 is 26.9. The highest BCUT2D eigenvalue weighted by atomic mass is 32.2. The fraction of sp³-hybridized carbons (Fsp3) is 0.615. The molecule has 0 aliphatic heterocycles. The van der Waals surface area contributed by atoms with E-state index < -0.39 is 10.0 Å². The Morgan fingerprint density at radius 1 is 1.42 bits per heavy atom. The molecule has 5 nitrogen and oxygen atoms in total. The Morgan fingerprint density at radius 2 is 2.16 bits per heavy atom. The number of aromatic nitrogens is 1. The van der Waals surface area contributed by atoms with Gasteiger partial charge in [-0.1, -0.05) is 18.9 Å². The van der Waals surface area contributed by atoms with Crippen LogP contribution < -0.4 is 10.0 Å². The first-order chi connectivity index (χ1) is 9.01. The summed E-state index contributed by atoms with van der Waals surface area (Å²) in [6, 6.07) is 3.30. The quantitative estimate of drug-likeness (QED) is 0.790. The fourth-order valence-corrected chi connectivity index (χ4v) is 3.29. The van der Waals surface area contributed by atoms with E-state index in [1.165, 1.54) is 12.8 Å². The van der Waals surface area contributed by atoms with E-state index in [1.54, 1.807) is 18.3 Å². The molecule has 1 saturated carbocycles. The minimum Gasteiger partial charge on any atom is -0.316 e. The van der Waals surface area contributed by atoms with Gasteiger partial charge in [-0.05, 0) is 37.9 Å². The van der Waals surface area contributed by atoms with Gasteiger partial charge in [0.15, 0.2) is 5.03 Å². The second-order valence-corrected chi connectivity index (χ2v) is 6.90. The van der Waals surface area contributed by atoms with Crippen LogP contribution in [0, 0.1) is 5.92 Å². The first-order valence-electron chi connectivity index (χ1n) is 6.63. The second kappa shape index (κ2) is 5.98. The molecule has 0 amide bonds. The molecular formula is C13H21N3O2S. The van der Waals surface area contributed by atoms with Gasteiger partial charge in [0.25, 0.3) is 10.0 Å². The lowest BCUT2D eigenvalue weighted by Crippen LogP contribution is -2.33. The van der Waals surface area contributed by atoms with Crippen molar-refractivity contribution in [1.82, 2.24) is 15.0 Å². The zero-order chi connectivity index (χ0) is 13.9. The van der Waals surface area contributed by atoms with Crippen molar-refractivity contribution in [3.63, 3.8) is 0 Å². The summed E-state index contributed by atoms with van der Waals surface area (Å²) in [4.78, 5) is 4.03. The van der Waals surface area contributed by atoms with Crippen LogP contribution in [0.4, 0.5) is 0 Å². The SMILES string of the molecule is CNCc1ccc(S(=O)(=O)NC(C)CC2CC2)nc1. The molecule has 1 heterocycles. The largest absolute Gasteiger partial charge is 0.316 e. The van der Waals surface area contributed by atoms with E-state index in [-0.39, 0.29) is 11.1 Å². The lowest BCUT2D eigenvalue weighted by atomic mass is 10.2. The summed E-state index contributed by atoms with van der Waals surface area (Å²) in [6.45, 7) is 2.59. The molecule has 19 heavy (non-hydrogen) atoms. The molecule has 1 aromatic rings. The van der Waals surface area contributed by atoms with E-state index in [1.807, 2.05) is 14.0 Å². The number of nitrogens with one attached hydrogen (secondary N) is 2. The monoisotopic (exact) mass is 283 g/mol. The molecule has 1 aromatic heterocycles. The summed E-state index contributed by atoms with van der Waals surface area (Å²) in [5.74, 6) is 0.698. The van der Waals surface area contributed by atoms with Gasteiger partial charge < -0.3 is 5.32 Å². The van der Waals surface area contributed by atoms with Crippen molar-refractivity contribution in [3.05, 3.63) is 23.9 Å². The van der Waals surface area contributed by atoms with E-state index in [9.17, 15) is 8.42 Å². The molecule has 0 aromatic carbocycles. The number of hydrogen-bond acceptors (Lipinski definition) is 4. The molecule has 0 radical (unpaired) electrons. The Morgan fingerprint density at radius 3 is 2.68 bits per heavy atom. The van der Waals surface area contributed by atoms with Gasteiger partial charge in [0.05, 0.1) is 0 Å². The highest BCUT2D eigenvalue weighted by molar-refractivity contribution is 7.89. The number of hydrogen-bond donors (Lipinski definition) is 2. The van der Waals surface area contributed by atoms with Crippen molar-refractivity contribution in [3.8, 4) is 0 Å². The van der Waals surface area contributed by atoms with E-state index in [0.29, 0.717) is 12.5 Å². The molecule has 106 valence electrons. The van der Waals surface area contributed by atoms with Crippen molar-refractivity contribution in [2.24, 2.45) is 5.92 Å². The highest BCUT2D eigenvalue weighted by Gasteiger charge is 2.26. The van der Waals surface area contributed by atoms with Crippen LogP contribution in [-0.2, 0) is 16.6 Å². The first-order valence-corrected chi connectivity index (χ1v) is 8.11. The van der Waals surface area contributed by atoms with E-state index >= 15 is 0 Å². The molecule has 1 aliphatic rings. The molecule has 0 spiro atoms. The molecule has 2 N–H and O–H groups in total. The summed E-state index contributed by atoms with van der Waals surface area (Å²) in [5.41, 5.74) is 0.965. The van der Waals surface area contributed by atoms with Gasteiger partial charge in [0.2, 0.25) is 0 Å². The Labute approximate surface area is 114 Å². The zero-order valence-electron chi connectivity index (χ0n) is 11.4. The predicted octanol–water partition coefficient (Wildman–Crippen LogP) is 1.27. The van der Waals surface area contributed by atoms with E-state index in [2.05, 4.69) is 15.0 Å². The molecule has 1 atom stereocenters. The number of sulfonamides is 1. The van der Waals surface area contributed by atoms with Crippen LogP contribution in [-0.4, -0.2) is 26.5 Å². The summed E-state index contributed by atoms with van der Waals surface area (Å²) >= 11 is 0. The van der Waals surface area contributed by atoms with Crippen LogP contribution in [0.15, 0.2) is 23.4 Å². The Kier molecular flexibility index (Phi) is 4.54. The molecule has 6 heteroatoms. The summed E-state index contributed by atoms with van der Waals surface area (Å²) in [6.07, 6.45) is 4.96. The Bertz CT molecular complexity index is 509. The topological polar surface area (TPSA) is 71.1 Å². The van der Waals surface area contributed by atoms with Crippen LogP contribution in [0.2, 0.25) is 0 Å². The van der Waals surface area contributed by atoms with Gasteiger partial charge in [-0.15, -0.1) is 0 Å². The number of rotatable bonds is 7. The van der Waals surface area contributed by atoms with Crippen molar-refractivity contribution >= 4 is 10.0 Å². The van der Waals surface area contributed by atoms with Crippen molar-refractivity contribution < 1.29 is 8.42 Å². The molecule has 2 rings (SSSR count). The van der Waals surface area contributed by atoms with Crippen molar-refractivity contribution in [1.29, 1.82) is 0 Å². The molecule has 1 unspecified atom stereocenters. The molecule has 1 fully saturated rings. The van der Waals surface area contributed by atoms with Crippen molar-refractivity contribution in [2.45, 2.75) is 43.8 Å². The average Bonchev–Trinajstić information content (AvgIpc) is 3.13. The fourth-order valence-electron chi connectivity index (χ4n) is 2.11. The van der Waals surface area contributed by atoms with Gasteiger partial charge in [-0.25, -0.2) is 18.1 Å². The van der Waals surface area contributed by atoms with Gasteiger partial charge in [-0.3, -0.25) is 0 Å². The standard InChI is InChI=1S/C13H21N3O2S/c1-10(7-11-3-4-11)16-19(17,18)13-6-5-12(8-14-2)9-15-13/h5-6,9-11,14,16H,3-4,7-8H2,1-2H3. The Balaban J connectivity index is 2.01. The number of nitrogens with zero attached hydrogens (tertiary/aromatic N) is 1. The lowest BCUT2D eigenvalue weighted by Gasteiger charge is -2.13. The smallest absolute Gasteiger partial charge is 0.258 e. The van der Waals surface area contributed by atoms with Crippen molar-refractivity contribution in [2.75, 3.05) is 7.05 Å². The molecule has 0 bridgehead atoms. The van der Waals surface area contributed by atoms with Gasteiger partial charge in [0.1, 0.15) is 0 Å². The van der Waals surface area contributed by atoms with Crippen LogP contribution >= 0.6 is 0 Å². The van der Waals surface area contributed by atoms with E-state index in [0.717, 1.165) is 12.0 Å². The lowest BCUT2D eigenvalue weighted by molar-refractivity contribution is 0.527. The van der Waals surface area contributed by atoms with Gasteiger partial charge in [0, 0.05) is 18.8 Å². The van der Waals surface area contributed by atoms with Crippen LogP contribution in [0.25, 0.3) is 0 Å². The minimum absolute atomic E-state index is 0.0312. The van der Waals surface area contributed by atoms with Crippen LogP contribution in [0.1, 0.15) is 31.7 Å². The van der Waals surface area contributed by atoms with Crippen LogP contribution in [0.5, 0.6) is 0 Å². The van der Waals surface area contributed by atoms with Gasteiger partial charge in [-0.2, -0.15) is 0 Å². The van der Waals surface area contributed by atoms with Crippen LogP contribution in [0.3, 0.4) is 0 Å². The minimum atomic E-state index is -3.49. The normalized spacial score (nSPS) is 17.4. The summed E-state index contributed by atoms with van der Waals surface area (Å²) in [5, 5.41) is 3.09. The summed E-state index contributed by atoms with van der Waals surface area (Å²) in [7, 11) is -1.65. The second-order valence-electron chi connectivity index (χ2n) is 5.24. The zero-order valence-corrected chi connectivity index (χ0v) is 12.2. The first kappa shape index (κ1) is 14.4. The third-order valence-corrected chi connectivity index (χ3v) is 4.70. The maximum atomic E-state index is 12.1. The van der Waals surface area contributed by atoms with Gasteiger partial charge >= 0.3 is 0 Å². The Hall–Kier alpha value is -0.980. The highest BCUT2D eigenvalue weighted by Crippen LogP contribution is 2.33. The number of pyridine rings is 1. The predicted molar refractivity (Wildman–Crippen MR) is 74.1 cm³/mol. The molecule has 0 saturated heterocycles. The van der Waals surface area contributed by atoms with E-state index in [4.69, 9.17) is 0 Å². The maximum absolute atomic E-state index is 12.1. The maximum Gasteiger partial charge on any atom is 0.258 e. The molecule has 1 aliphatic carbocycles. The third-order valence-electron chi connectivity index (χ3n) is 3.19. The molecular weight excluding hydrogens is 262 g/mol.